The van der Waals surface area contributed by atoms with Crippen LogP contribution in [0.15, 0.2) is 41.3 Å². The van der Waals surface area contributed by atoms with Crippen LogP contribution in [0.2, 0.25) is 0 Å². The lowest BCUT2D eigenvalue weighted by atomic mass is 10.1. The normalized spacial score (nSPS) is 30.8. The predicted molar refractivity (Wildman–Crippen MR) is 96.2 cm³/mol. The summed E-state index contributed by atoms with van der Waals surface area (Å²) in [6, 6.07) is 8.36. The van der Waals surface area contributed by atoms with E-state index >= 15 is 0 Å². The van der Waals surface area contributed by atoms with Gasteiger partial charge in [0.2, 0.25) is 6.23 Å². The molecular formula is C17H18F2N3O6P. The van der Waals surface area contributed by atoms with Gasteiger partial charge in [-0.3, -0.25) is 18.1 Å². The molecule has 2 aromatic rings. The summed E-state index contributed by atoms with van der Waals surface area (Å²) in [6.07, 6.45) is -4.13. The number of alkyl halides is 2. The van der Waals surface area contributed by atoms with Gasteiger partial charge in [-0.15, -0.1) is 0 Å². The number of nitrogens with zero attached hydrogens (tertiary/aromatic N) is 2. The molecule has 0 aliphatic carbocycles. The topological polar surface area (TPSA) is 115 Å². The van der Waals surface area contributed by atoms with Crippen LogP contribution in [0.5, 0.6) is 0 Å². The Kier molecular flexibility index (Phi) is 5.04. The summed E-state index contributed by atoms with van der Waals surface area (Å²) < 4.78 is 64.0. The van der Waals surface area contributed by atoms with Crippen molar-refractivity contribution in [2.75, 3.05) is 12.3 Å². The standard InChI is InChI=1S/C17H18F2N3O6P/c1-10-4-2-3-5-11(10)8-25-29(24)26-9-12-14(28-29)17(18,19)15(27-12)22-7-6-13(20)21-16(22)23/h2-7,12,14-15H,8-9H2,1H3,(H2,20,21,23)/t12-,14-,15-,29?/m1/s1. The first-order chi connectivity index (χ1) is 13.7. The maximum Gasteiger partial charge on any atom is 0.475 e. The molecule has 0 saturated carbocycles. The second kappa shape index (κ2) is 7.26. The van der Waals surface area contributed by atoms with Crippen LogP contribution >= 0.6 is 7.82 Å². The number of anilines is 1. The summed E-state index contributed by atoms with van der Waals surface area (Å²) in [5.41, 5.74) is 5.97. The summed E-state index contributed by atoms with van der Waals surface area (Å²) in [5, 5.41) is 0. The summed E-state index contributed by atoms with van der Waals surface area (Å²) in [6.45, 7) is 1.24. The Labute approximate surface area is 164 Å². The van der Waals surface area contributed by atoms with Crippen molar-refractivity contribution in [2.24, 2.45) is 0 Å². The molecule has 0 amide bonds. The molecule has 2 aliphatic heterocycles. The average Bonchev–Trinajstić information content (AvgIpc) is 2.92. The van der Waals surface area contributed by atoms with Crippen molar-refractivity contribution in [3.8, 4) is 0 Å². The van der Waals surface area contributed by atoms with E-state index in [1.54, 1.807) is 12.1 Å². The molecule has 2 aliphatic rings. The number of phosphoric ester groups is 1. The molecule has 1 aromatic heterocycles. The van der Waals surface area contributed by atoms with Gasteiger partial charge in [0.05, 0.1) is 13.2 Å². The summed E-state index contributed by atoms with van der Waals surface area (Å²) in [7, 11) is -4.27. The van der Waals surface area contributed by atoms with E-state index < -0.39 is 44.5 Å². The molecule has 4 rings (SSSR count). The minimum Gasteiger partial charge on any atom is -0.383 e. The molecule has 29 heavy (non-hydrogen) atoms. The van der Waals surface area contributed by atoms with Gasteiger partial charge >= 0.3 is 19.4 Å². The first-order valence-electron chi connectivity index (χ1n) is 8.69. The lowest BCUT2D eigenvalue weighted by Crippen LogP contribution is -2.45. The van der Waals surface area contributed by atoms with Crippen molar-refractivity contribution < 1.29 is 31.7 Å². The SMILES string of the molecule is Cc1ccccc1COP1(=O)OC[C@H]2O[C@@H](n3ccc(N)nc3=O)C(F)(F)[C@@H]2O1. The van der Waals surface area contributed by atoms with Crippen molar-refractivity contribution in [3.05, 3.63) is 58.1 Å². The Bertz CT molecular complexity index is 1030. The third-order valence-electron chi connectivity index (χ3n) is 4.73. The van der Waals surface area contributed by atoms with Crippen LogP contribution < -0.4 is 11.4 Å². The number of hydrogen-bond acceptors (Lipinski definition) is 8. The van der Waals surface area contributed by atoms with Crippen LogP contribution in [0, 0.1) is 6.92 Å². The monoisotopic (exact) mass is 429 g/mol. The number of nitrogen functional groups attached to an aromatic ring is 1. The second-order valence-corrected chi connectivity index (χ2v) is 8.33. The largest absolute Gasteiger partial charge is 0.475 e. The molecule has 9 nitrogen and oxygen atoms in total. The average molecular weight is 429 g/mol. The predicted octanol–water partition coefficient (Wildman–Crippen LogP) is 2.41. The molecule has 2 saturated heterocycles. The van der Waals surface area contributed by atoms with E-state index in [2.05, 4.69) is 4.98 Å². The lowest BCUT2D eigenvalue weighted by molar-refractivity contribution is -0.138. The quantitative estimate of drug-likeness (QED) is 0.737. The van der Waals surface area contributed by atoms with Gasteiger partial charge in [-0.05, 0) is 24.1 Å². The molecule has 1 unspecified atom stereocenters. The van der Waals surface area contributed by atoms with Crippen LogP contribution in [0.25, 0.3) is 0 Å². The molecule has 4 atom stereocenters. The molecule has 2 N–H and O–H groups in total. The third-order valence-corrected chi connectivity index (χ3v) is 6.13. The van der Waals surface area contributed by atoms with Gasteiger partial charge < -0.3 is 10.5 Å². The van der Waals surface area contributed by atoms with E-state index in [1.807, 2.05) is 19.1 Å². The molecule has 0 bridgehead atoms. The Morgan fingerprint density at radius 1 is 1.38 bits per heavy atom. The van der Waals surface area contributed by atoms with Crippen LogP contribution in [0.3, 0.4) is 0 Å². The van der Waals surface area contributed by atoms with Crippen molar-refractivity contribution in [1.29, 1.82) is 0 Å². The molecule has 1 aromatic carbocycles. The molecule has 0 spiro atoms. The third kappa shape index (κ3) is 3.72. The number of aryl methyl sites for hydroxylation is 1. The summed E-state index contributed by atoms with van der Waals surface area (Å²) in [4.78, 5) is 15.4. The zero-order valence-corrected chi connectivity index (χ0v) is 16.1. The van der Waals surface area contributed by atoms with Crippen molar-refractivity contribution in [2.45, 2.75) is 37.9 Å². The first-order valence-corrected chi connectivity index (χ1v) is 10.2. The van der Waals surface area contributed by atoms with Gasteiger partial charge in [0, 0.05) is 6.20 Å². The Morgan fingerprint density at radius 2 is 2.14 bits per heavy atom. The van der Waals surface area contributed by atoms with Gasteiger partial charge in [-0.2, -0.15) is 13.8 Å². The minimum atomic E-state index is -4.27. The Balaban J connectivity index is 1.53. The molecule has 2 fully saturated rings. The molecule has 3 heterocycles. The number of fused-ring (bicyclic) bond motifs is 1. The minimum absolute atomic E-state index is 0.112. The number of halogens is 2. The van der Waals surface area contributed by atoms with E-state index in [1.165, 1.54) is 6.07 Å². The Morgan fingerprint density at radius 3 is 2.86 bits per heavy atom. The highest BCUT2D eigenvalue weighted by atomic mass is 31.2. The fourth-order valence-electron chi connectivity index (χ4n) is 3.16. The maximum absolute atomic E-state index is 15.0. The smallest absolute Gasteiger partial charge is 0.383 e. The molecule has 156 valence electrons. The molecule has 12 heteroatoms. The fourth-order valence-corrected chi connectivity index (χ4v) is 4.54. The zero-order valence-electron chi connectivity index (χ0n) is 15.2. The Hall–Kier alpha value is -2.17. The summed E-state index contributed by atoms with van der Waals surface area (Å²) >= 11 is 0. The van der Waals surface area contributed by atoms with Crippen LogP contribution in [-0.4, -0.2) is 34.3 Å². The van der Waals surface area contributed by atoms with Crippen LogP contribution in [-0.2, 0) is 29.5 Å². The number of benzene rings is 1. The van der Waals surface area contributed by atoms with Crippen LogP contribution in [0.1, 0.15) is 17.4 Å². The van der Waals surface area contributed by atoms with Crippen LogP contribution in [0.4, 0.5) is 14.6 Å². The van der Waals surface area contributed by atoms with Gasteiger partial charge in [0.25, 0.3) is 0 Å². The molecular weight excluding hydrogens is 411 g/mol. The van der Waals surface area contributed by atoms with Crippen molar-refractivity contribution in [1.82, 2.24) is 9.55 Å². The highest BCUT2D eigenvalue weighted by Gasteiger charge is 2.65. The number of ether oxygens (including phenoxy) is 1. The number of phosphoric acid groups is 1. The van der Waals surface area contributed by atoms with E-state index in [-0.39, 0.29) is 12.4 Å². The highest BCUT2D eigenvalue weighted by molar-refractivity contribution is 7.48. The number of aromatic nitrogens is 2. The van der Waals surface area contributed by atoms with Gasteiger partial charge in [0.15, 0.2) is 6.10 Å². The first kappa shape index (κ1) is 20.1. The lowest BCUT2D eigenvalue weighted by Gasteiger charge is -2.31. The molecule has 0 radical (unpaired) electrons. The van der Waals surface area contributed by atoms with Gasteiger partial charge in [-0.1, -0.05) is 24.3 Å². The van der Waals surface area contributed by atoms with E-state index in [9.17, 15) is 18.1 Å². The van der Waals surface area contributed by atoms with Gasteiger partial charge in [-0.25, -0.2) is 9.36 Å². The van der Waals surface area contributed by atoms with Crippen molar-refractivity contribution in [3.63, 3.8) is 0 Å². The maximum atomic E-state index is 15.0. The van der Waals surface area contributed by atoms with E-state index in [4.69, 9.17) is 24.0 Å². The number of hydrogen-bond donors (Lipinski definition) is 1. The highest BCUT2D eigenvalue weighted by Crippen LogP contribution is 2.60. The number of nitrogens with two attached hydrogens (primary N) is 1. The van der Waals surface area contributed by atoms with E-state index in [0.717, 1.165) is 11.8 Å². The summed E-state index contributed by atoms with van der Waals surface area (Å²) in [5.74, 6) is -3.81. The zero-order chi connectivity index (χ0) is 20.8. The number of rotatable bonds is 4. The van der Waals surface area contributed by atoms with Crippen molar-refractivity contribution >= 4 is 13.6 Å². The van der Waals surface area contributed by atoms with E-state index in [0.29, 0.717) is 10.1 Å². The second-order valence-electron chi connectivity index (χ2n) is 6.71. The fraction of sp³-hybridized carbons (Fsp3) is 0.412. The van der Waals surface area contributed by atoms with Gasteiger partial charge in [0.1, 0.15) is 11.9 Å².